The molecule has 2 aliphatic rings. The summed E-state index contributed by atoms with van der Waals surface area (Å²) in [5.74, 6) is -1.92. The van der Waals surface area contributed by atoms with Gasteiger partial charge in [0.1, 0.15) is 23.1 Å². The fraction of sp³-hybridized carbons (Fsp3) is 0.438. The molecular weight excluding hydrogens is 622 g/mol. The van der Waals surface area contributed by atoms with Crippen LogP contribution in [0.3, 0.4) is 0 Å². The molecule has 1 aliphatic heterocycles. The third-order valence-electron chi connectivity index (χ3n) is 8.85. The van der Waals surface area contributed by atoms with E-state index in [1.54, 1.807) is 30.5 Å². The first kappa shape index (κ1) is 31.7. The van der Waals surface area contributed by atoms with Crippen LogP contribution < -0.4 is 10.5 Å². The lowest BCUT2D eigenvalue weighted by atomic mass is 9.81. The summed E-state index contributed by atoms with van der Waals surface area (Å²) in [5, 5.41) is 5.47. The minimum atomic E-state index is -4.10. The zero-order chi connectivity index (χ0) is 31.9. The van der Waals surface area contributed by atoms with Crippen LogP contribution in [0.15, 0.2) is 42.6 Å². The summed E-state index contributed by atoms with van der Waals surface area (Å²) in [7, 11) is -4.10. The number of rotatable bonds is 8. The van der Waals surface area contributed by atoms with E-state index in [-0.39, 0.29) is 34.1 Å². The summed E-state index contributed by atoms with van der Waals surface area (Å²) < 4.78 is 66.4. The summed E-state index contributed by atoms with van der Waals surface area (Å²) in [6, 6.07) is 8.64. The van der Waals surface area contributed by atoms with Gasteiger partial charge in [0, 0.05) is 48.0 Å². The fourth-order valence-electron chi connectivity index (χ4n) is 6.60. The minimum Gasteiger partial charge on any atom is -0.383 e. The number of morpholine rings is 1. The normalized spacial score (nSPS) is 19.8. The number of anilines is 2. The van der Waals surface area contributed by atoms with Gasteiger partial charge in [0.2, 0.25) is 10.0 Å². The molecule has 240 valence electrons. The van der Waals surface area contributed by atoms with Gasteiger partial charge in [-0.3, -0.25) is 14.3 Å². The monoisotopic (exact) mass is 658 g/mol. The van der Waals surface area contributed by atoms with Gasteiger partial charge in [-0.15, -0.1) is 0 Å². The van der Waals surface area contributed by atoms with E-state index in [9.17, 15) is 8.42 Å². The first-order valence-corrected chi connectivity index (χ1v) is 17.3. The first-order chi connectivity index (χ1) is 21.5. The number of pyridine rings is 1. The number of ether oxygens (including phenoxy) is 1. The second-order valence-electron chi connectivity index (χ2n) is 12.1. The van der Waals surface area contributed by atoms with Crippen molar-refractivity contribution in [3.05, 3.63) is 70.4 Å². The standard InChI is InChI=1S/C32H37ClF2N6O3S/c1-19(2)41-31-24(20-7-9-22(10-8-20)40-11-13-44-14-12-40)17-37-32(36)29(31)30(38-41)23-15-27(35)28(16-26(23)34)39-45(42,43)18-21-5-3-4-6-25(21)33/h3-6,15-17,19-20,22,39H,7-14,18H2,1-2H3,(H2,36,37)/t20-,22-. The molecule has 6 rings (SSSR count). The van der Waals surface area contributed by atoms with Crippen LogP contribution >= 0.6 is 11.6 Å². The molecule has 0 spiro atoms. The van der Waals surface area contributed by atoms with Crippen LogP contribution in [0.2, 0.25) is 5.02 Å². The smallest absolute Gasteiger partial charge is 0.237 e. The first-order valence-electron chi connectivity index (χ1n) is 15.2. The Balaban J connectivity index is 1.33. The van der Waals surface area contributed by atoms with Crippen LogP contribution in [-0.4, -0.2) is 60.4 Å². The van der Waals surface area contributed by atoms with Crippen molar-refractivity contribution in [3.63, 3.8) is 0 Å². The average molecular weight is 659 g/mol. The van der Waals surface area contributed by atoms with Gasteiger partial charge >= 0.3 is 0 Å². The summed E-state index contributed by atoms with van der Waals surface area (Å²) in [4.78, 5) is 7.01. The van der Waals surface area contributed by atoms with Gasteiger partial charge in [-0.2, -0.15) is 5.10 Å². The Kier molecular flexibility index (Phi) is 9.02. The SMILES string of the molecule is CC(C)n1nc(-c2cc(F)c(NS(=O)(=O)Cc3ccccc3Cl)cc2F)c2c(N)ncc([C@H]3CC[C@H](N4CCOCC4)CC3)c21. The van der Waals surface area contributed by atoms with Crippen molar-refractivity contribution in [2.45, 2.75) is 63.3 Å². The molecule has 2 fully saturated rings. The zero-order valence-electron chi connectivity index (χ0n) is 25.3. The summed E-state index contributed by atoms with van der Waals surface area (Å²) >= 11 is 6.11. The maximum absolute atomic E-state index is 15.8. The van der Waals surface area contributed by atoms with Crippen LogP contribution in [0.5, 0.6) is 0 Å². The Hall–Kier alpha value is -3.32. The van der Waals surface area contributed by atoms with E-state index in [0.29, 0.717) is 17.0 Å². The molecule has 0 unspecified atom stereocenters. The zero-order valence-corrected chi connectivity index (χ0v) is 26.8. The maximum Gasteiger partial charge on any atom is 0.237 e. The molecule has 3 N–H and O–H groups in total. The van der Waals surface area contributed by atoms with Crippen LogP contribution in [0.1, 0.15) is 62.6 Å². The molecule has 45 heavy (non-hydrogen) atoms. The number of sulfonamides is 1. The number of nitrogen functional groups attached to an aromatic ring is 1. The van der Waals surface area contributed by atoms with E-state index in [1.165, 1.54) is 0 Å². The predicted octanol–water partition coefficient (Wildman–Crippen LogP) is 6.49. The molecule has 0 amide bonds. The van der Waals surface area contributed by atoms with Crippen molar-refractivity contribution >= 4 is 44.0 Å². The number of nitrogens with zero attached hydrogens (tertiary/aromatic N) is 4. The average Bonchev–Trinajstić information content (AvgIpc) is 3.42. The van der Waals surface area contributed by atoms with Crippen molar-refractivity contribution in [2.24, 2.45) is 0 Å². The number of aromatic nitrogens is 3. The van der Waals surface area contributed by atoms with Crippen LogP contribution in [0.4, 0.5) is 20.3 Å². The van der Waals surface area contributed by atoms with Gasteiger partial charge < -0.3 is 10.5 Å². The van der Waals surface area contributed by atoms with E-state index in [0.717, 1.165) is 75.2 Å². The second-order valence-corrected chi connectivity index (χ2v) is 14.3. The molecular formula is C32H37ClF2N6O3S. The molecule has 9 nitrogen and oxygen atoms in total. The largest absolute Gasteiger partial charge is 0.383 e. The number of hydrogen-bond donors (Lipinski definition) is 2. The van der Waals surface area contributed by atoms with E-state index >= 15 is 8.78 Å². The van der Waals surface area contributed by atoms with Gasteiger partial charge in [0.15, 0.2) is 0 Å². The van der Waals surface area contributed by atoms with Gasteiger partial charge in [0.25, 0.3) is 0 Å². The van der Waals surface area contributed by atoms with Crippen LogP contribution in [0.25, 0.3) is 22.2 Å². The molecule has 0 bridgehead atoms. The number of benzene rings is 2. The third-order valence-corrected chi connectivity index (χ3v) is 10.4. The van der Waals surface area contributed by atoms with Crippen LogP contribution in [0, 0.1) is 11.6 Å². The van der Waals surface area contributed by atoms with Gasteiger partial charge in [-0.1, -0.05) is 29.8 Å². The minimum absolute atomic E-state index is 0.102. The summed E-state index contributed by atoms with van der Waals surface area (Å²) in [6.07, 6.45) is 5.83. The third kappa shape index (κ3) is 6.51. The highest BCUT2D eigenvalue weighted by Crippen LogP contribution is 2.43. The molecule has 13 heteroatoms. The Bertz CT molecular complexity index is 1820. The highest BCUT2D eigenvalue weighted by atomic mass is 35.5. The maximum atomic E-state index is 15.8. The Morgan fingerprint density at radius 2 is 1.80 bits per heavy atom. The fourth-order valence-corrected chi connectivity index (χ4v) is 8.11. The molecule has 3 heterocycles. The number of halogens is 3. The number of fused-ring (bicyclic) bond motifs is 1. The molecule has 2 aromatic carbocycles. The quantitative estimate of drug-likeness (QED) is 0.222. The van der Waals surface area contributed by atoms with Gasteiger partial charge in [-0.05, 0) is 68.7 Å². The number of hydrogen-bond acceptors (Lipinski definition) is 7. The lowest BCUT2D eigenvalue weighted by Gasteiger charge is -2.39. The lowest BCUT2D eigenvalue weighted by molar-refractivity contribution is 0.00731. The van der Waals surface area contributed by atoms with E-state index in [2.05, 4.69) is 14.6 Å². The predicted molar refractivity (Wildman–Crippen MR) is 173 cm³/mol. The van der Waals surface area contributed by atoms with Crippen molar-refractivity contribution in [2.75, 3.05) is 36.8 Å². The van der Waals surface area contributed by atoms with E-state index in [1.807, 2.05) is 18.5 Å². The molecule has 1 saturated carbocycles. The summed E-state index contributed by atoms with van der Waals surface area (Å²) in [6.45, 7) is 7.39. The van der Waals surface area contributed by atoms with Crippen LogP contribution in [-0.2, 0) is 20.5 Å². The van der Waals surface area contributed by atoms with Crippen molar-refractivity contribution in [1.82, 2.24) is 19.7 Å². The van der Waals surface area contributed by atoms with Crippen molar-refractivity contribution in [3.8, 4) is 11.3 Å². The molecule has 1 aliphatic carbocycles. The number of nitrogens with two attached hydrogens (primary N) is 1. The van der Waals surface area contributed by atoms with Crippen molar-refractivity contribution < 1.29 is 21.9 Å². The van der Waals surface area contributed by atoms with E-state index < -0.39 is 33.1 Å². The molecule has 2 aromatic heterocycles. The Labute approximate surface area is 266 Å². The Morgan fingerprint density at radius 3 is 2.49 bits per heavy atom. The van der Waals surface area contributed by atoms with Gasteiger partial charge in [0.05, 0.1) is 35.6 Å². The van der Waals surface area contributed by atoms with Gasteiger partial charge in [-0.25, -0.2) is 22.2 Å². The highest BCUT2D eigenvalue weighted by Gasteiger charge is 2.31. The number of nitrogens with one attached hydrogen (secondary N) is 1. The lowest BCUT2D eigenvalue weighted by Crippen LogP contribution is -2.44. The molecule has 0 radical (unpaired) electrons. The second kappa shape index (κ2) is 12.8. The molecule has 0 atom stereocenters. The van der Waals surface area contributed by atoms with Crippen molar-refractivity contribution in [1.29, 1.82) is 0 Å². The summed E-state index contributed by atoms with van der Waals surface area (Å²) in [5.41, 5.74) is 8.03. The molecule has 4 aromatic rings. The topological polar surface area (TPSA) is 115 Å². The van der Waals surface area contributed by atoms with E-state index in [4.69, 9.17) is 27.2 Å². The molecule has 1 saturated heterocycles. The highest BCUT2D eigenvalue weighted by molar-refractivity contribution is 7.91. The Morgan fingerprint density at radius 1 is 1.09 bits per heavy atom.